The Balaban J connectivity index is 1.59. The van der Waals surface area contributed by atoms with Gasteiger partial charge in [0, 0.05) is 23.4 Å². The second kappa shape index (κ2) is 7.67. The Hall–Kier alpha value is -3.81. The van der Waals surface area contributed by atoms with E-state index in [9.17, 15) is 13.6 Å². The van der Waals surface area contributed by atoms with E-state index in [4.69, 9.17) is 4.52 Å². The minimum absolute atomic E-state index is 0.276. The number of rotatable bonds is 5. The zero-order valence-electron chi connectivity index (χ0n) is 15.3. The van der Waals surface area contributed by atoms with Crippen LogP contribution in [0.3, 0.4) is 0 Å². The SMILES string of the molecule is Cc1ccc(-c2ccno2)cc1-c1cnc(CC(=O)c2c(F)cncc2F)cn1. The molecule has 8 heteroatoms. The molecule has 4 aromatic rings. The fraction of sp³-hybridized carbons (Fsp3) is 0.0952. The molecule has 0 saturated heterocycles. The van der Waals surface area contributed by atoms with Crippen LogP contribution in [0.1, 0.15) is 21.6 Å². The zero-order chi connectivity index (χ0) is 20.4. The van der Waals surface area contributed by atoms with Crippen LogP contribution in [-0.2, 0) is 6.42 Å². The highest BCUT2D eigenvalue weighted by Gasteiger charge is 2.19. The van der Waals surface area contributed by atoms with Gasteiger partial charge in [-0.15, -0.1) is 0 Å². The maximum atomic E-state index is 13.7. The Kier molecular flexibility index (Phi) is 4.90. The smallest absolute Gasteiger partial charge is 0.174 e. The normalized spacial score (nSPS) is 10.9. The van der Waals surface area contributed by atoms with Crippen LogP contribution in [0.25, 0.3) is 22.6 Å². The van der Waals surface area contributed by atoms with Crippen LogP contribution in [0, 0.1) is 18.6 Å². The molecular formula is C21H14F2N4O2. The number of nitrogens with zero attached hydrogens (tertiary/aromatic N) is 4. The number of ketones is 1. The molecule has 0 saturated carbocycles. The molecule has 144 valence electrons. The first-order valence-corrected chi connectivity index (χ1v) is 8.68. The molecule has 0 unspecified atom stereocenters. The predicted molar refractivity (Wildman–Crippen MR) is 99.9 cm³/mol. The topological polar surface area (TPSA) is 81.8 Å². The van der Waals surface area contributed by atoms with E-state index in [0.717, 1.165) is 29.1 Å². The Morgan fingerprint density at radius 1 is 1.03 bits per heavy atom. The number of benzene rings is 1. The van der Waals surface area contributed by atoms with E-state index in [0.29, 0.717) is 17.1 Å². The van der Waals surface area contributed by atoms with Crippen LogP contribution in [0.5, 0.6) is 0 Å². The molecule has 0 fully saturated rings. The summed E-state index contributed by atoms with van der Waals surface area (Å²) in [6, 6.07) is 7.51. The first kappa shape index (κ1) is 18.5. The fourth-order valence-corrected chi connectivity index (χ4v) is 2.93. The lowest BCUT2D eigenvalue weighted by atomic mass is 10.0. The molecule has 0 atom stereocenters. The second-order valence-corrected chi connectivity index (χ2v) is 6.38. The molecule has 3 heterocycles. The van der Waals surface area contributed by atoms with E-state index in [1.807, 2.05) is 25.1 Å². The number of hydrogen-bond donors (Lipinski definition) is 0. The van der Waals surface area contributed by atoms with Crippen LogP contribution in [-0.4, -0.2) is 25.9 Å². The summed E-state index contributed by atoms with van der Waals surface area (Å²) in [5.41, 5.74) is 2.94. The fourth-order valence-electron chi connectivity index (χ4n) is 2.93. The average Bonchev–Trinajstić information content (AvgIpc) is 3.24. The van der Waals surface area contributed by atoms with Gasteiger partial charge < -0.3 is 4.52 Å². The highest BCUT2D eigenvalue weighted by Crippen LogP contribution is 2.28. The summed E-state index contributed by atoms with van der Waals surface area (Å²) in [6.07, 6.45) is 5.83. The van der Waals surface area contributed by atoms with Gasteiger partial charge in [0.1, 0.15) is 0 Å². The van der Waals surface area contributed by atoms with E-state index in [2.05, 4.69) is 20.1 Å². The van der Waals surface area contributed by atoms with Crippen molar-refractivity contribution in [2.24, 2.45) is 0 Å². The summed E-state index contributed by atoms with van der Waals surface area (Å²) in [5.74, 6) is -2.10. The van der Waals surface area contributed by atoms with Gasteiger partial charge in [-0.2, -0.15) is 0 Å². The molecule has 0 radical (unpaired) electrons. The number of Topliss-reactive ketones (excluding diaryl/α,β-unsaturated/α-hetero) is 1. The third-order valence-electron chi connectivity index (χ3n) is 4.42. The molecule has 0 amide bonds. The molecule has 6 nitrogen and oxygen atoms in total. The molecule has 1 aromatic carbocycles. The van der Waals surface area contributed by atoms with Crippen molar-refractivity contribution >= 4 is 5.78 Å². The van der Waals surface area contributed by atoms with Gasteiger partial charge in [-0.1, -0.05) is 17.3 Å². The van der Waals surface area contributed by atoms with E-state index >= 15 is 0 Å². The summed E-state index contributed by atoms with van der Waals surface area (Å²) in [7, 11) is 0. The van der Waals surface area contributed by atoms with Crippen molar-refractivity contribution in [1.82, 2.24) is 20.1 Å². The van der Waals surface area contributed by atoms with Gasteiger partial charge in [0.2, 0.25) is 0 Å². The Bertz CT molecular complexity index is 1160. The molecule has 4 rings (SSSR count). The van der Waals surface area contributed by atoms with Gasteiger partial charge in [0.05, 0.1) is 48.2 Å². The molecule has 0 aliphatic rings. The number of carbonyl (C=O) groups is 1. The Labute approximate surface area is 164 Å². The molecule has 0 aliphatic carbocycles. The third kappa shape index (κ3) is 3.77. The molecule has 29 heavy (non-hydrogen) atoms. The van der Waals surface area contributed by atoms with Gasteiger partial charge in [0.15, 0.2) is 23.2 Å². The average molecular weight is 392 g/mol. The number of aryl methyl sites for hydroxylation is 1. The Morgan fingerprint density at radius 2 is 1.83 bits per heavy atom. The van der Waals surface area contributed by atoms with Crippen molar-refractivity contribution in [1.29, 1.82) is 0 Å². The summed E-state index contributed by atoms with van der Waals surface area (Å²) < 4.78 is 32.6. The van der Waals surface area contributed by atoms with Crippen molar-refractivity contribution in [3.63, 3.8) is 0 Å². The van der Waals surface area contributed by atoms with Crippen molar-refractivity contribution < 1.29 is 18.1 Å². The first-order valence-electron chi connectivity index (χ1n) is 8.68. The number of aromatic nitrogens is 4. The van der Waals surface area contributed by atoms with E-state index in [-0.39, 0.29) is 6.42 Å². The zero-order valence-corrected chi connectivity index (χ0v) is 15.3. The van der Waals surface area contributed by atoms with E-state index in [1.54, 1.807) is 12.3 Å². The van der Waals surface area contributed by atoms with Crippen molar-refractivity contribution in [2.75, 3.05) is 0 Å². The lowest BCUT2D eigenvalue weighted by molar-refractivity contribution is 0.0983. The highest BCUT2D eigenvalue weighted by atomic mass is 19.1. The molecule has 0 bridgehead atoms. The van der Waals surface area contributed by atoms with Crippen LogP contribution in [0.2, 0.25) is 0 Å². The van der Waals surface area contributed by atoms with Gasteiger partial charge in [-0.3, -0.25) is 19.7 Å². The Morgan fingerprint density at radius 3 is 2.48 bits per heavy atom. The van der Waals surface area contributed by atoms with Gasteiger partial charge in [-0.25, -0.2) is 8.78 Å². The molecule has 0 spiro atoms. The van der Waals surface area contributed by atoms with Crippen LogP contribution < -0.4 is 0 Å². The molecule has 0 N–H and O–H groups in total. The van der Waals surface area contributed by atoms with Crippen LogP contribution in [0.4, 0.5) is 8.78 Å². The maximum absolute atomic E-state index is 13.7. The lowest BCUT2D eigenvalue weighted by Crippen LogP contribution is -2.11. The third-order valence-corrected chi connectivity index (χ3v) is 4.42. The van der Waals surface area contributed by atoms with Crippen LogP contribution in [0.15, 0.2) is 59.8 Å². The maximum Gasteiger partial charge on any atom is 0.174 e. The number of carbonyl (C=O) groups excluding carboxylic acids is 1. The summed E-state index contributed by atoms with van der Waals surface area (Å²) >= 11 is 0. The standard InChI is InChI=1S/C21H14F2N4O2/c1-12-2-3-13(20-4-5-27-29-20)6-15(12)18-11-25-14(8-26-18)7-19(28)21-16(22)9-24-10-17(21)23/h2-6,8-11H,7H2,1H3. The van der Waals surface area contributed by atoms with Crippen molar-refractivity contribution in [3.8, 4) is 22.6 Å². The van der Waals surface area contributed by atoms with Crippen molar-refractivity contribution in [2.45, 2.75) is 13.3 Å². The van der Waals surface area contributed by atoms with Crippen LogP contribution >= 0.6 is 0 Å². The minimum atomic E-state index is -1.00. The number of halogens is 2. The number of hydrogen-bond acceptors (Lipinski definition) is 6. The first-order chi connectivity index (χ1) is 14.0. The quantitative estimate of drug-likeness (QED) is 0.473. The van der Waals surface area contributed by atoms with E-state index < -0.39 is 23.0 Å². The monoisotopic (exact) mass is 392 g/mol. The number of pyridine rings is 1. The largest absolute Gasteiger partial charge is 0.356 e. The lowest BCUT2D eigenvalue weighted by Gasteiger charge is -2.08. The van der Waals surface area contributed by atoms with Crippen molar-refractivity contribution in [3.05, 3.63) is 83.7 Å². The molecule has 0 aliphatic heterocycles. The van der Waals surface area contributed by atoms with Gasteiger partial charge >= 0.3 is 0 Å². The summed E-state index contributed by atoms with van der Waals surface area (Å²) in [4.78, 5) is 24.2. The van der Waals surface area contributed by atoms with Gasteiger partial charge in [-0.05, 0) is 18.6 Å². The highest BCUT2D eigenvalue weighted by molar-refractivity contribution is 5.97. The minimum Gasteiger partial charge on any atom is -0.356 e. The predicted octanol–water partition coefficient (Wildman–Crippen LogP) is 4.21. The van der Waals surface area contributed by atoms with E-state index in [1.165, 1.54) is 12.4 Å². The summed E-state index contributed by atoms with van der Waals surface area (Å²) in [5, 5.41) is 3.71. The molecule has 3 aromatic heterocycles. The summed E-state index contributed by atoms with van der Waals surface area (Å²) in [6.45, 7) is 1.94. The molecular weight excluding hydrogens is 378 g/mol. The second-order valence-electron chi connectivity index (χ2n) is 6.38. The van der Waals surface area contributed by atoms with Gasteiger partial charge in [0.25, 0.3) is 0 Å².